The molecule has 1 aromatic carbocycles. The van der Waals surface area contributed by atoms with Crippen LogP contribution in [-0.4, -0.2) is 19.1 Å². The maximum atomic E-state index is 13.4. The molecule has 0 aliphatic heterocycles. The van der Waals surface area contributed by atoms with Gasteiger partial charge in [0.15, 0.2) is 0 Å². The molecule has 1 rings (SSSR count). The Morgan fingerprint density at radius 3 is 2.79 bits per heavy atom. The Morgan fingerprint density at radius 2 is 2.26 bits per heavy atom. The van der Waals surface area contributed by atoms with Gasteiger partial charge in [-0.2, -0.15) is 0 Å². The molecule has 0 fully saturated rings. The second-order valence-corrected chi connectivity index (χ2v) is 4.05. The molecule has 1 atom stereocenters. The van der Waals surface area contributed by atoms with Crippen LogP contribution in [0.1, 0.15) is 25.8 Å². The van der Waals surface area contributed by atoms with Gasteiger partial charge in [-0.3, -0.25) is 5.32 Å². The number of terminal acetylenes is 1. The van der Waals surface area contributed by atoms with E-state index in [9.17, 15) is 9.18 Å². The highest BCUT2D eigenvalue weighted by Crippen LogP contribution is 2.27. The van der Waals surface area contributed by atoms with Crippen molar-refractivity contribution in [2.75, 3.05) is 13.2 Å². The van der Waals surface area contributed by atoms with Crippen molar-refractivity contribution in [3.05, 3.63) is 35.6 Å². The molecule has 0 spiro atoms. The number of ether oxygens (including phenoxy) is 1. The van der Waals surface area contributed by atoms with Crippen molar-refractivity contribution in [3.8, 4) is 12.3 Å². The lowest BCUT2D eigenvalue weighted by molar-refractivity contribution is -0.152. The quantitative estimate of drug-likeness (QED) is 0.631. The zero-order chi connectivity index (χ0) is 14.3. The van der Waals surface area contributed by atoms with E-state index in [1.165, 1.54) is 12.1 Å². The van der Waals surface area contributed by atoms with Crippen LogP contribution < -0.4 is 5.32 Å². The molecule has 0 amide bonds. The summed E-state index contributed by atoms with van der Waals surface area (Å²) in [6.07, 6.45) is 5.65. The van der Waals surface area contributed by atoms with Gasteiger partial charge in [0, 0.05) is 0 Å². The van der Waals surface area contributed by atoms with Crippen molar-refractivity contribution >= 4 is 5.97 Å². The first kappa shape index (κ1) is 15.2. The molecule has 0 saturated heterocycles. The summed E-state index contributed by atoms with van der Waals surface area (Å²) in [5.74, 6) is 1.58. The van der Waals surface area contributed by atoms with Crippen LogP contribution in [-0.2, 0) is 15.1 Å². The lowest BCUT2D eigenvalue weighted by atomic mass is 9.87. The van der Waals surface area contributed by atoms with Crippen LogP contribution in [0.2, 0.25) is 0 Å². The number of rotatable bonds is 6. The number of hydrogen-bond acceptors (Lipinski definition) is 3. The number of nitrogens with one attached hydrogen (secondary N) is 1. The van der Waals surface area contributed by atoms with Crippen LogP contribution in [0.5, 0.6) is 0 Å². The summed E-state index contributed by atoms with van der Waals surface area (Å²) < 4.78 is 18.5. The molecule has 102 valence electrons. The largest absolute Gasteiger partial charge is 0.464 e. The second-order valence-electron chi connectivity index (χ2n) is 4.05. The predicted molar refractivity (Wildman–Crippen MR) is 71.8 cm³/mol. The molecule has 0 aliphatic carbocycles. The number of carbonyl (C=O) groups excluding carboxylic acids is 1. The molecule has 3 nitrogen and oxygen atoms in total. The minimum Gasteiger partial charge on any atom is -0.464 e. The van der Waals surface area contributed by atoms with Crippen molar-refractivity contribution < 1.29 is 13.9 Å². The molecule has 0 bridgehead atoms. The van der Waals surface area contributed by atoms with E-state index in [2.05, 4.69) is 11.2 Å². The van der Waals surface area contributed by atoms with Crippen molar-refractivity contribution in [2.24, 2.45) is 0 Å². The first-order valence-electron chi connectivity index (χ1n) is 6.22. The molecule has 0 saturated carbocycles. The van der Waals surface area contributed by atoms with Crippen LogP contribution in [0, 0.1) is 18.2 Å². The average molecular weight is 263 g/mol. The van der Waals surface area contributed by atoms with Crippen LogP contribution in [0.4, 0.5) is 4.39 Å². The molecule has 0 radical (unpaired) electrons. The predicted octanol–water partition coefficient (Wildman–Crippen LogP) is 2.22. The minimum atomic E-state index is -1.11. The summed E-state index contributed by atoms with van der Waals surface area (Å²) >= 11 is 0. The van der Waals surface area contributed by atoms with Gasteiger partial charge < -0.3 is 4.74 Å². The van der Waals surface area contributed by atoms with Gasteiger partial charge in [0.25, 0.3) is 0 Å². The third-order valence-corrected chi connectivity index (χ3v) is 2.96. The Morgan fingerprint density at radius 1 is 1.53 bits per heavy atom. The van der Waals surface area contributed by atoms with Crippen LogP contribution in [0.3, 0.4) is 0 Å². The summed E-state index contributed by atoms with van der Waals surface area (Å²) in [5, 5.41) is 2.98. The SMILES string of the molecule is C#CCNC(CC)(C(=O)OCC)c1cccc(F)c1. The molecule has 19 heavy (non-hydrogen) atoms. The molecular weight excluding hydrogens is 245 g/mol. The van der Waals surface area contributed by atoms with Crippen molar-refractivity contribution in [2.45, 2.75) is 25.8 Å². The topological polar surface area (TPSA) is 38.3 Å². The highest BCUT2D eigenvalue weighted by Gasteiger charge is 2.39. The van der Waals surface area contributed by atoms with E-state index in [1.807, 2.05) is 6.92 Å². The van der Waals surface area contributed by atoms with Gasteiger partial charge in [-0.05, 0) is 31.0 Å². The molecule has 0 aliphatic rings. The Bertz CT molecular complexity index is 481. The zero-order valence-corrected chi connectivity index (χ0v) is 11.2. The van der Waals surface area contributed by atoms with Crippen molar-refractivity contribution in [1.82, 2.24) is 5.32 Å². The molecule has 0 heterocycles. The minimum absolute atomic E-state index is 0.198. The summed E-state index contributed by atoms with van der Waals surface area (Å²) in [6.45, 7) is 4.01. The molecule has 1 N–H and O–H groups in total. The first-order chi connectivity index (χ1) is 9.10. The Balaban J connectivity index is 3.23. The van der Waals surface area contributed by atoms with E-state index < -0.39 is 17.3 Å². The van der Waals surface area contributed by atoms with Crippen LogP contribution >= 0.6 is 0 Å². The Hall–Kier alpha value is -1.86. The van der Waals surface area contributed by atoms with Crippen molar-refractivity contribution in [3.63, 3.8) is 0 Å². The van der Waals surface area contributed by atoms with E-state index in [1.54, 1.807) is 19.1 Å². The summed E-state index contributed by atoms with van der Waals surface area (Å²) in [4.78, 5) is 12.2. The van der Waals surface area contributed by atoms with E-state index in [-0.39, 0.29) is 13.2 Å². The highest BCUT2D eigenvalue weighted by molar-refractivity contribution is 5.82. The molecule has 0 aromatic heterocycles. The van der Waals surface area contributed by atoms with E-state index in [0.29, 0.717) is 12.0 Å². The van der Waals surface area contributed by atoms with E-state index >= 15 is 0 Å². The lowest BCUT2D eigenvalue weighted by Gasteiger charge is -2.31. The third-order valence-electron chi connectivity index (χ3n) is 2.96. The van der Waals surface area contributed by atoms with Gasteiger partial charge in [0.05, 0.1) is 13.2 Å². The van der Waals surface area contributed by atoms with Gasteiger partial charge in [0.1, 0.15) is 11.4 Å². The van der Waals surface area contributed by atoms with Gasteiger partial charge in [-0.25, -0.2) is 9.18 Å². The zero-order valence-electron chi connectivity index (χ0n) is 11.2. The van der Waals surface area contributed by atoms with E-state index in [0.717, 1.165) is 0 Å². The molecule has 1 unspecified atom stereocenters. The Labute approximate surface area is 113 Å². The average Bonchev–Trinajstić information content (AvgIpc) is 2.40. The standard InChI is InChI=1S/C15H18FNO2/c1-4-10-17-15(5-2,14(18)19-6-3)12-8-7-9-13(16)11-12/h1,7-9,11,17H,5-6,10H2,2-3H3. The first-order valence-corrected chi connectivity index (χ1v) is 6.22. The summed E-state index contributed by atoms with van der Waals surface area (Å²) in [5.41, 5.74) is -0.589. The summed E-state index contributed by atoms with van der Waals surface area (Å²) in [7, 11) is 0. The molecule has 4 heteroatoms. The normalized spacial score (nSPS) is 13.4. The van der Waals surface area contributed by atoms with Crippen molar-refractivity contribution in [1.29, 1.82) is 0 Å². The molecule has 1 aromatic rings. The smallest absolute Gasteiger partial charge is 0.331 e. The fourth-order valence-corrected chi connectivity index (χ4v) is 1.98. The summed E-state index contributed by atoms with van der Waals surface area (Å²) in [6, 6.07) is 5.90. The third kappa shape index (κ3) is 3.33. The fourth-order valence-electron chi connectivity index (χ4n) is 1.98. The maximum absolute atomic E-state index is 13.4. The van der Waals surface area contributed by atoms with Gasteiger partial charge in [-0.1, -0.05) is 25.0 Å². The van der Waals surface area contributed by atoms with Gasteiger partial charge in [-0.15, -0.1) is 6.42 Å². The number of esters is 1. The lowest BCUT2D eigenvalue weighted by Crippen LogP contribution is -2.50. The van der Waals surface area contributed by atoms with Crippen LogP contribution in [0.25, 0.3) is 0 Å². The molecular formula is C15H18FNO2. The monoisotopic (exact) mass is 263 g/mol. The fraction of sp³-hybridized carbons (Fsp3) is 0.400. The Kier molecular flexibility index (Phi) is 5.53. The number of hydrogen-bond donors (Lipinski definition) is 1. The number of carbonyl (C=O) groups is 1. The maximum Gasteiger partial charge on any atom is 0.331 e. The van der Waals surface area contributed by atoms with E-state index in [4.69, 9.17) is 11.2 Å². The van der Waals surface area contributed by atoms with Gasteiger partial charge >= 0.3 is 5.97 Å². The second kappa shape index (κ2) is 6.91. The van der Waals surface area contributed by atoms with Gasteiger partial charge in [0.2, 0.25) is 0 Å². The van der Waals surface area contributed by atoms with Crippen LogP contribution in [0.15, 0.2) is 24.3 Å². The number of benzene rings is 1. The number of halogens is 1. The highest BCUT2D eigenvalue weighted by atomic mass is 19.1.